The van der Waals surface area contributed by atoms with E-state index in [-0.39, 0.29) is 5.91 Å². The van der Waals surface area contributed by atoms with Gasteiger partial charge in [-0.15, -0.1) is 0 Å². The second-order valence-electron chi connectivity index (χ2n) is 6.27. The first-order chi connectivity index (χ1) is 9.63. The molecule has 4 N–H and O–H groups in total. The molecule has 0 aromatic heterocycles. The summed E-state index contributed by atoms with van der Waals surface area (Å²) in [5, 5.41) is 0. The van der Waals surface area contributed by atoms with Crippen LogP contribution in [0.5, 0.6) is 0 Å². The van der Waals surface area contributed by atoms with Gasteiger partial charge in [0.05, 0.1) is 0 Å². The fourth-order valence-corrected chi connectivity index (χ4v) is 3.77. The highest BCUT2D eigenvalue weighted by molar-refractivity contribution is 5.92. The number of primary amides is 1. The Bertz CT molecular complexity index is 485. The zero-order chi connectivity index (χ0) is 14.1. The minimum absolute atomic E-state index is 0.366. The average molecular weight is 273 g/mol. The number of nitrogens with zero attached hydrogens (tertiary/aromatic N) is 1. The number of carbonyl (C=O) groups is 1. The van der Waals surface area contributed by atoms with Crippen LogP contribution in [0, 0.1) is 11.8 Å². The number of benzene rings is 1. The Morgan fingerprint density at radius 3 is 2.60 bits per heavy atom. The molecule has 2 aliphatic rings. The number of likely N-dealkylation sites (tertiary alicyclic amines) is 1. The summed E-state index contributed by atoms with van der Waals surface area (Å²) in [5.41, 5.74) is 13.3. The van der Waals surface area contributed by atoms with Gasteiger partial charge in [-0.2, -0.15) is 0 Å². The largest absolute Gasteiger partial charge is 0.366 e. The lowest BCUT2D eigenvalue weighted by Crippen LogP contribution is -2.38. The molecule has 2 fully saturated rings. The Labute approximate surface area is 120 Å². The smallest absolute Gasteiger partial charge is 0.248 e. The van der Waals surface area contributed by atoms with E-state index in [1.165, 1.54) is 24.8 Å². The predicted octanol–water partition coefficient (Wildman–Crippen LogP) is 1.34. The lowest BCUT2D eigenvalue weighted by molar-refractivity contribution is 0.100. The number of hydrogen-bond acceptors (Lipinski definition) is 3. The van der Waals surface area contributed by atoms with E-state index in [9.17, 15) is 4.79 Å². The molecule has 0 radical (unpaired) electrons. The molecule has 3 atom stereocenters. The van der Waals surface area contributed by atoms with Crippen molar-refractivity contribution in [3.05, 3.63) is 35.4 Å². The van der Waals surface area contributed by atoms with E-state index in [0.29, 0.717) is 17.5 Å². The number of carbonyl (C=O) groups excluding carboxylic acids is 1. The van der Waals surface area contributed by atoms with E-state index in [2.05, 4.69) is 4.90 Å². The van der Waals surface area contributed by atoms with Crippen molar-refractivity contribution in [2.45, 2.75) is 31.8 Å². The van der Waals surface area contributed by atoms with Gasteiger partial charge in [-0.1, -0.05) is 18.6 Å². The van der Waals surface area contributed by atoms with Gasteiger partial charge in [0, 0.05) is 31.2 Å². The molecule has 1 aliphatic carbocycles. The van der Waals surface area contributed by atoms with Crippen LogP contribution in [-0.2, 0) is 6.54 Å². The van der Waals surface area contributed by atoms with Crippen molar-refractivity contribution in [1.29, 1.82) is 0 Å². The van der Waals surface area contributed by atoms with Gasteiger partial charge in [-0.05, 0) is 42.4 Å². The summed E-state index contributed by atoms with van der Waals surface area (Å²) in [7, 11) is 0. The summed E-state index contributed by atoms with van der Waals surface area (Å²) in [6.45, 7) is 3.22. The zero-order valence-electron chi connectivity index (χ0n) is 11.8. The van der Waals surface area contributed by atoms with E-state index < -0.39 is 0 Å². The van der Waals surface area contributed by atoms with Crippen molar-refractivity contribution in [3.8, 4) is 0 Å². The first-order valence-corrected chi connectivity index (χ1v) is 7.50. The fraction of sp³-hybridized carbons (Fsp3) is 0.562. The number of nitrogens with two attached hydrogens (primary N) is 2. The van der Waals surface area contributed by atoms with Crippen molar-refractivity contribution >= 4 is 5.91 Å². The summed E-state index contributed by atoms with van der Waals surface area (Å²) in [6, 6.07) is 8.01. The molecule has 0 bridgehead atoms. The summed E-state index contributed by atoms with van der Waals surface area (Å²) >= 11 is 0. The third-order valence-corrected chi connectivity index (χ3v) is 4.87. The molecule has 1 aromatic rings. The summed E-state index contributed by atoms with van der Waals surface area (Å²) in [5.74, 6) is 1.09. The molecule has 4 nitrogen and oxygen atoms in total. The molecule has 1 amide bonds. The molecule has 1 saturated carbocycles. The predicted molar refractivity (Wildman–Crippen MR) is 79.0 cm³/mol. The van der Waals surface area contributed by atoms with E-state index in [0.717, 1.165) is 25.6 Å². The SMILES string of the molecule is NC(=O)c1ccc(CN2CC3CCCC(N)C3C2)cc1. The molecule has 108 valence electrons. The maximum atomic E-state index is 11.1. The molecule has 3 rings (SSSR count). The number of fused-ring (bicyclic) bond motifs is 1. The molecule has 0 spiro atoms. The third-order valence-electron chi connectivity index (χ3n) is 4.87. The van der Waals surface area contributed by atoms with Crippen LogP contribution < -0.4 is 11.5 Å². The maximum Gasteiger partial charge on any atom is 0.248 e. The van der Waals surface area contributed by atoms with E-state index in [4.69, 9.17) is 11.5 Å². The van der Waals surface area contributed by atoms with Crippen LogP contribution in [0.4, 0.5) is 0 Å². The van der Waals surface area contributed by atoms with Crippen LogP contribution in [0.3, 0.4) is 0 Å². The molecule has 20 heavy (non-hydrogen) atoms. The van der Waals surface area contributed by atoms with Gasteiger partial charge in [-0.3, -0.25) is 9.69 Å². The van der Waals surface area contributed by atoms with Crippen LogP contribution in [-0.4, -0.2) is 29.9 Å². The lowest BCUT2D eigenvalue weighted by Gasteiger charge is -2.29. The summed E-state index contributed by atoms with van der Waals surface area (Å²) < 4.78 is 0. The first kappa shape index (κ1) is 13.6. The molecular weight excluding hydrogens is 250 g/mol. The van der Waals surface area contributed by atoms with Crippen molar-refractivity contribution in [2.24, 2.45) is 23.3 Å². The van der Waals surface area contributed by atoms with Crippen LogP contribution in [0.1, 0.15) is 35.2 Å². The Balaban J connectivity index is 1.62. The quantitative estimate of drug-likeness (QED) is 0.873. The van der Waals surface area contributed by atoms with Gasteiger partial charge in [0.15, 0.2) is 0 Å². The molecular formula is C16H23N3O. The Kier molecular flexibility index (Phi) is 3.76. The lowest BCUT2D eigenvalue weighted by atomic mass is 9.78. The van der Waals surface area contributed by atoms with E-state index >= 15 is 0 Å². The van der Waals surface area contributed by atoms with Crippen LogP contribution >= 0.6 is 0 Å². The molecule has 1 aromatic carbocycles. The standard InChI is InChI=1S/C16H23N3O/c17-15-3-1-2-13-9-19(10-14(13)15)8-11-4-6-12(7-5-11)16(18)20/h4-7,13-15H,1-3,8-10,17H2,(H2,18,20). The second kappa shape index (κ2) is 5.54. The second-order valence-corrected chi connectivity index (χ2v) is 6.27. The Morgan fingerprint density at radius 1 is 1.20 bits per heavy atom. The Morgan fingerprint density at radius 2 is 1.95 bits per heavy atom. The minimum Gasteiger partial charge on any atom is -0.366 e. The van der Waals surface area contributed by atoms with Gasteiger partial charge in [0.2, 0.25) is 5.91 Å². The molecule has 4 heteroatoms. The van der Waals surface area contributed by atoms with Gasteiger partial charge in [-0.25, -0.2) is 0 Å². The summed E-state index contributed by atoms with van der Waals surface area (Å²) in [6.07, 6.45) is 3.79. The molecule has 1 saturated heterocycles. The fourth-order valence-electron chi connectivity index (χ4n) is 3.77. The topological polar surface area (TPSA) is 72.4 Å². The minimum atomic E-state index is -0.366. The summed E-state index contributed by atoms with van der Waals surface area (Å²) in [4.78, 5) is 13.6. The van der Waals surface area contributed by atoms with E-state index in [1.807, 2.05) is 24.3 Å². The molecule has 1 aliphatic heterocycles. The molecule has 3 unspecified atom stereocenters. The highest BCUT2D eigenvalue weighted by Gasteiger charge is 2.38. The van der Waals surface area contributed by atoms with Crippen LogP contribution in [0.2, 0.25) is 0 Å². The highest BCUT2D eigenvalue weighted by atomic mass is 16.1. The Hall–Kier alpha value is -1.39. The van der Waals surface area contributed by atoms with Gasteiger partial charge in [0.25, 0.3) is 0 Å². The van der Waals surface area contributed by atoms with Crippen LogP contribution in [0.25, 0.3) is 0 Å². The maximum absolute atomic E-state index is 11.1. The van der Waals surface area contributed by atoms with Crippen molar-refractivity contribution in [2.75, 3.05) is 13.1 Å². The highest BCUT2D eigenvalue weighted by Crippen LogP contribution is 2.35. The normalized spacial score (nSPS) is 30.1. The number of rotatable bonds is 3. The third kappa shape index (κ3) is 2.72. The van der Waals surface area contributed by atoms with Gasteiger partial charge < -0.3 is 11.5 Å². The number of hydrogen-bond donors (Lipinski definition) is 2. The monoisotopic (exact) mass is 273 g/mol. The average Bonchev–Trinajstić information content (AvgIpc) is 2.83. The zero-order valence-corrected chi connectivity index (χ0v) is 11.8. The van der Waals surface area contributed by atoms with Crippen molar-refractivity contribution < 1.29 is 4.79 Å². The van der Waals surface area contributed by atoms with E-state index in [1.54, 1.807) is 0 Å². The molecule has 1 heterocycles. The number of amides is 1. The van der Waals surface area contributed by atoms with Gasteiger partial charge >= 0.3 is 0 Å². The van der Waals surface area contributed by atoms with Crippen LogP contribution in [0.15, 0.2) is 24.3 Å². The van der Waals surface area contributed by atoms with Crippen molar-refractivity contribution in [1.82, 2.24) is 4.90 Å². The van der Waals surface area contributed by atoms with Crippen molar-refractivity contribution in [3.63, 3.8) is 0 Å². The first-order valence-electron chi connectivity index (χ1n) is 7.50. The van der Waals surface area contributed by atoms with Gasteiger partial charge in [0.1, 0.15) is 0 Å².